The van der Waals surface area contributed by atoms with E-state index < -0.39 is 31.4 Å². The Hall–Kier alpha value is -0.860. The van der Waals surface area contributed by atoms with E-state index in [1.165, 1.54) is 14.2 Å². The molecule has 1 atom stereocenters. The van der Waals surface area contributed by atoms with Gasteiger partial charge in [0.15, 0.2) is 0 Å². The van der Waals surface area contributed by atoms with Gasteiger partial charge in [0, 0.05) is 20.7 Å². The lowest BCUT2D eigenvalue weighted by molar-refractivity contribution is -0.177. The lowest BCUT2D eigenvalue weighted by Crippen LogP contribution is -2.38. The lowest BCUT2D eigenvalue weighted by Gasteiger charge is -2.20. The highest BCUT2D eigenvalue weighted by atomic mass is 19.4. The van der Waals surface area contributed by atoms with Crippen molar-refractivity contribution in [3.8, 4) is 0 Å². The average Bonchev–Trinajstić information content (AvgIpc) is 2.15. The third kappa shape index (κ3) is 8.90. The summed E-state index contributed by atoms with van der Waals surface area (Å²) in [6.07, 6.45) is -5.33. The van der Waals surface area contributed by atoms with Crippen molar-refractivity contribution >= 4 is 5.91 Å². The lowest BCUT2D eigenvalue weighted by atomic mass is 10.3. The van der Waals surface area contributed by atoms with Crippen LogP contribution in [0.25, 0.3) is 0 Å². The predicted octanol–water partition coefficient (Wildman–Crippen LogP) is 0.0310. The first-order chi connectivity index (χ1) is 7.76. The Bertz CT molecular complexity index is 235. The highest BCUT2D eigenvalue weighted by molar-refractivity contribution is 5.77. The van der Waals surface area contributed by atoms with Gasteiger partial charge in [-0.3, -0.25) is 4.79 Å². The molecule has 0 heterocycles. The van der Waals surface area contributed by atoms with Crippen molar-refractivity contribution in [2.75, 3.05) is 40.5 Å². The minimum Gasteiger partial charge on any atom is -0.389 e. The van der Waals surface area contributed by atoms with Crippen molar-refractivity contribution in [1.82, 2.24) is 4.90 Å². The molecule has 0 aromatic rings. The van der Waals surface area contributed by atoms with Crippen LogP contribution in [0, 0.1) is 0 Å². The molecular weight excluding hydrogens is 243 g/mol. The summed E-state index contributed by atoms with van der Waals surface area (Å²) in [5.74, 6) is -0.635. The fourth-order valence-corrected chi connectivity index (χ4v) is 1.03. The second-order valence-corrected chi connectivity index (χ2v) is 3.49. The van der Waals surface area contributed by atoms with Gasteiger partial charge in [0.2, 0.25) is 5.91 Å². The summed E-state index contributed by atoms with van der Waals surface area (Å²) in [6.45, 7) is -2.12. The smallest absolute Gasteiger partial charge is 0.389 e. The van der Waals surface area contributed by atoms with Crippen molar-refractivity contribution in [2.45, 2.75) is 12.3 Å². The van der Waals surface area contributed by atoms with Gasteiger partial charge in [-0.1, -0.05) is 0 Å². The monoisotopic (exact) mass is 259 g/mol. The van der Waals surface area contributed by atoms with E-state index in [4.69, 9.17) is 0 Å². The van der Waals surface area contributed by atoms with E-state index in [0.29, 0.717) is 0 Å². The standard InChI is InChI=1S/C9H16F3NO4/c1-13(3-7(14)4-16-2)8(15)5-17-6-9(10,11)12/h7,14H,3-6H2,1-2H3. The molecule has 0 aliphatic rings. The molecule has 8 heteroatoms. The summed E-state index contributed by atoms with van der Waals surface area (Å²) < 4.78 is 44.0. The number of methoxy groups -OCH3 is 1. The Balaban J connectivity index is 3.82. The second kappa shape index (κ2) is 7.46. The molecule has 0 fully saturated rings. The quantitative estimate of drug-likeness (QED) is 0.701. The molecule has 5 nitrogen and oxygen atoms in total. The number of aliphatic hydroxyl groups excluding tert-OH is 1. The highest BCUT2D eigenvalue weighted by Gasteiger charge is 2.28. The third-order valence-electron chi connectivity index (χ3n) is 1.76. The van der Waals surface area contributed by atoms with Gasteiger partial charge in [0.25, 0.3) is 0 Å². The number of carbonyl (C=O) groups excluding carboxylic acids is 1. The first-order valence-corrected chi connectivity index (χ1v) is 4.81. The van der Waals surface area contributed by atoms with Crippen molar-refractivity contribution in [1.29, 1.82) is 0 Å². The summed E-state index contributed by atoms with van der Waals surface area (Å²) in [7, 11) is 2.75. The van der Waals surface area contributed by atoms with Crippen LogP contribution in [-0.2, 0) is 14.3 Å². The van der Waals surface area contributed by atoms with Crippen LogP contribution in [0.2, 0.25) is 0 Å². The van der Waals surface area contributed by atoms with E-state index in [9.17, 15) is 23.1 Å². The zero-order valence-corrected chi connectivity index (χ0v) is 9.66. The summed E-state index contributed by atoms with van der Waals surface area (Å²) in [6, 6.07) is 0. The van der Waals surface area contributed by atoms with E-state index in [2.05, 4.69) is 9.47 Å². The van der Waals surface area contributed by atoms with Crippen LogP contribution < -0.4 is 0 Å². The molecule has 102 valence electrons. The van der Waals surface area contributed by atoms with Crippen LogP contribution in [0.4, 0.5) is 13.2 Å². The van der Waals surface area contributed by atoms with Crippen molar-refractivity contribution in [3.63, 3.8) is 0 Å². The summed E-state index contributed by atoms with van der Waals surface area (Å²) in [4.78, 5) is 12.3. The number of alkyl halides is 3. The van der Waals surface area contributed by atoms with Crippen molar-refractivity contribution in [3.05, 3.63) is 0 Å². The van der Waals surface area contributed by atoms with Crippen LogP contribution in [0.5, 0.6) is 0 Å². The fourth-order valence-electron chi connectivity index (χ4n) is 1.03. The maximum atomic E-state index is 11.7. The van der Waals surface area contributed by atoms with Crippen molar-refractivity contribution in [2.24, 2.45) is 0 Å². The second-order valence-electron chi connectivity index (χ2n) is 3.49. The number of rotatable bonds is 7. The van der Waals surface area contributed by atoms with E-state index >= 15 is 0 Å². The summed E-state index contributed by atoms with van der Waals surface area (Å²) in [5, 5.41) is 9.28. The molecule has 0 bridgehead atoms. The molecule has 0 saturated heterocycles. The summed E-state index contributed by atoms with van der Waals surface area (Å²) in [5.41, 5.74) is 0. The van der Waals surface area contributed by atoms with Gasteiger partial charge in [-0.25, -0.2) is 0 Å². The molecule has 0 spiro atoms. The number of halogens is 3. The number of hydrogen-bond acceptors (Lipinski definition) is 4. The van der Waals surface area contributed by atoms with Gasteiger partial charge in [-0.2, -0.15) is 13.2 Å². The topological polar surface area (TPSA) is 59.0 Å². The zero-order valence-electron chi connectivity index (χ0n) is 9.66. The van der Waals surface area contributed by atoms with E-state index in [1.807, 2.05) is 0 Å². The number of hydrogen-bond donors (Lipinski definition) is 1. The first kappa shape index (κ1) is 16.1. The molecule has 0 radical (unpaired) electrons. The predicted molar refractivity (Wildman–Crippen MR) is 52.4 cm³/mol. The van der Waals surface area contributed by atoms with Gasteiger partial charge < -0.3 is 19.5 Å². The zero-order chi connectivity index (χ0) is 13.5. The highest BCUT2D eigenvalue weighted by Crippen LogP contribution is 2.14. The molecule has 0 aromatic heterocycles. The van der Waals surface area contributed by atoms with Crippen LogP contribution in [0.3, 0.4) is 0 Å². The van der Waals surface area contributed by atoms with Gasteiger partial charge in [0.05, 0.1) is 12.7 Å². The number of likely N-dealkylation sites (N-methyl/N-ethyl adjacent to an activating group) is 1. The maximum absolute atomic E-state index is 11.7. The Morgan fingerprint density at radius 2 is 2.06 bits per heavy atom. The van der Waals surface area contributed by atoms with Crippen LogP contribution in [0.15, 0.2) is 0 Å². The van der Waals surface area contributed by atoms with Gasteiger partial charge in [-0.15, -0.1) is 0 Å². The number of amides is 1. The maximum Gasteiger partial charge on any atom is 0.411 e. The molecule has 1 unspecified atom stereocenters. The minimum absolute atomic E-state index is 0.0257. The average molecular weight is 259 g/mol. The fraction of sp³-hybridized carbons (Fsp3) is 0.889. The SMILES string of the molecule is COCC(O)CN(C)C(=O)COCC(F)(F)F. The van der Waals surface area contributed by atoms with Crippen molar-refractivity contribution < 1.29 is 32.5 Å². The number of carbonyl (C=O) groups is 1. The van der Waals surface area contributed by atoms with E-state index in [0.717, 1.165) is 4.90 Å². The number of ether oxygens (including phenoxy) is 2. The number of aliphatic hydroxyl groups is 1. The van der Waals surface area contributed by atoms with E-state index in [-0.39, 0.29) is 13.2 Å². The molecule has 17 heavy (non-hydrogen) atoms. The van der Waals surface area contributed by atoms with Gasteiger partial charge >= 0.3 is 6.18 Å². The largest absolute Gasteiger partial charge is 0.411 e. The minimum atomic E-state index is -4.45. The number of nitrogens with zero attached hydrogens (tertiary/aromatic N) is 1. The van der Waals surface area contributed by atoms with Crippen LogP contribution in [-0.4, -0.2) is 68.7 Å². The van der Waals surface area contributed by atoms with Crippen LogP contribution in [0.1, 0.15) is 0 Å². The molecule has 1 N–H and O–H groups in total. The summed E-state index contributed by atoms with van der Waals surface area (Å²) >= 11 is 0. The first-order valence-electron chi connectivity index (χ1n) is 4.81. The van der Waals surface area contributed by atoms with Gasteiger partial charge in [-0.05, 0) is 0 Å². The molecule has 0 aromatic carbocycles. The normalized spacial score (nSPS) is 13.5. The molecule has 0 saturated carbocycles. The Kier molecular flexibility index (Phi) is 7.09. The Morgan fingerprint density at radius 3 is 2.53 bits per heavy atom. The molecule has 1 amide bonds. The molecule has 0 aliphatic heterocycles. The molecule has 0 rings (SSSR count). The molecular formula is C9H16F3NO4. The third-order valence-corrected chi connectivity index (χ3v) is 1.76. The van der Waals surface area contributed by atoms with E-state index in [1.54, 1.807) is 0 Å². The molecule has 0 aliphatic carbocycles. The van der Waals surface area contributed by atoms with Crippen LogP contribution >= 0.6 is 0 Å². The van der Waals surface area contributed by atoms with Gasteiger partial charge in [0.1, 0.15) is 13.2 Å². The Labute approximate surface area is 97.1 Å². The Morgan fingerprint density at radius 1 is 1.47 bits per heavy atom.